The largest absolute Gasteiger partial charge is 0.342 e. The molecule has 6 nitrogen and oxygen atoms in total. The van der Waals surface area contributed by atoms with Gasteiger partial charge in [-0.15, -0.1) is 0 Å². The fraction of sp³-hybridized carbons (Fsp3) is 0.722. The van der Waals surface area contributed by atoms with Crippen LogP contribution < -0.4 is 0 Å². The highest BCUT2D eigenvalue weighted by Gasteiger charge is 2.50. The van der Waals surface area contributed by atoms with E-state index in [9.17, 15) is 9.59 Å². The molecule has 4 aliphatic rings. The van der Waals surface area contributed by atoms with E-state index >= 15 is 0 Å². The maximum absolute atomic E-state index is 13.1. The molecule has 0 radical (unpaired) electrons. The zero-order chi connectivity index (χ0) is 17.6. The van der Waals surface area contributed by atoms with E-state index in [-0.39, 0.29) is 17.2 Å². The molecule has 1 atom stereocenters. The third kappa shape index (κ3) is 2.67. The van der Waals surface area contributed by atoms with Gasteiger partial charge in [-0.3, -0.25) is 14.6 Å². The molecule has 0 bridgehead atoms. The molecule has 2 amide bonds. The third-order valence-electron chi connectivity index (χ3n) is 5.88. The topological polar surface area (TPSA) is 56.2 Å². The fourth-order valence-electron chi connectivity index (χ4n) is 4.51. The Balaban J connectivity index is 1.49. The van der Waals surface area contributed by atoms with Crippen LogP contribution in [0.15, 0.2) is 15.6 Å². The normalized spacial score (nSPS) is 29.1. The Labute approximate surface area is 153 Å². The minimum absolute atomic E-state index is 0.0805. The number of thioether (sulfide) groups is 1. The second-order valence-electron chi connectivity index (χ2n) is 7.49. The Kier molecular flexibility index (Phi) is 4.30. The summed E-state index contributed by atoms with van der Waals surface area (Å²) in [5.41, 5.74) is 0.684. The fourth-order valence-corrected chi connectivity index (χ4v) is 5.67. The number of allylic oxidation sites excluding steroid dienone is 1. The van der Waals surface area contributed by atoms with E-state index in [2.05, 4.69) is 16.8 Å². The highest BCUT2D eigenvalue weighted by Crippen LogP contribution is 2.43. The predicted octanol–water partition coefficient (Wildman–Crippen LogP) is 1.89. The molecule has 136 valence electrons. The van der Waals surface area contributed by atoms with E-state index in [4.69, 9.17) is 0 Å². The first-order valence-corrected chi connectivity index (χ1v) is 10.2. The zero-order valence-electron chi connectivity index (χ0n) is 15.1. The molecule has 25 heavy (non-hydrogen) atoms. The summed E-state index contributed by atoms with van der Waals surface area (Å²) in [6.45, 7) is 8.79. The van der Waals surface area contributed by atoms with Crippen molar-refractivity contribution in [1.29, 1.82) is 0 Å². The number of amides is 2. The average Bonchev–Trinajstić information content (AvgIpc) is 3.29. The number of rotatable bonds is 3. The number of aliphatic imine (C=N–C) groups is 1. The minimum atomic E-state index is -0.339. The van der Waals surface area contributed by atoms with Crippen LogP contribution in [0.2, 0.25) is 0 Å². The lowest BCUT2D eigenvalue weighted by Crippen LogP contribution is -2.50. The number of carbonyl (C=O) groups is 2. The number of piperidine rings is 1. The summed E-state index contributed by atoms with van der Waals surface area (Å²) in [5.74, 6) is 0.350. The van der Waals surface area contributed by atoms with Crippen LogP contribution in [-0.4, -0.2) is 71.0 Å². The van der Waals surface area contributed by atoms with Gasteiger partial charge >= 0.3 is 0 Å². The van der Waals surface area contributed by atoms with E-state index < -0.39 is 0 Å². The first-order chi connectivity index (χ1) is 12.1. The van der Waals surface area contributed by atoms with Crippen molar-refractivity contribution in [3.05, 3.63) is 10.6 Å². The van der Waals surface area contributed by atoms with Gasteiger partial charge in [0, 0.05) is 38.4 Å². The average molecular weight is 362 g/mol. The Hall–Kier alpha value is -1.50. The standard InChI is InChI=1S/C18H26N4O2S/c1-3-8-20-9-4-5-18(16(20)24)6-10-21(12-18)15(23)14-13(2)22-11-7-19-17(22)25-14/h3-12H2,1-2H3/t18-/m1/s1. The Bertz CT molecular complexity index is 672. The Morgan fingerprint density at radius 3 is 2.88 bits per heavy atom. The lowest BCUT2D eigenvalue weighted by Gasteiger charge is -2.39. The highest BCUT2D eigenvalue weighted by atomic mass is 32.2. The summed E-state index contributed by atoms with van der Waals surface area (Å²) in [6, 6.07) is 0. The van der Waals surface area contributed by atoms with Crippen LogP contribution in [0.5, 0.6) is 0 Å². The van der Waals surface area contributed by atoms with Crippen molar-refractivity contribution in [3.8, 4) is 0 Å². The molecule has 7 heteroatoms. The molecular formula is C18H26N4O2S. The first kappa shape index (κ1) is 16.9. The number of hydrogen-bond acceptors (Lipinski definition) is 5. The van der Waals surface area contributed by atoms with Crippen molar-refractivity contribution in [2.75, 3.05) is 39.3 Å². The van der Waals surface area contributed by atoms with Crippen LogP contribution in [0.3, 0.4) is 0 Å². The van der Waals surface area contributed by atoms with Crippen LogP contribution in [0.25, 0.3) is 0 Å². The predicted molar refractivity (Wildman–Crippen MR) is 99.0 cm³/mol. The van der Waals surface area contributed by atoms with Gasteiger partial charge in [-0.1, -0.05) is 6.92 Å². The molecule has 4 aliphatic heterocycles. The summed E-state index contributed by atoms with van der Waals surface area (Å²) < 4.78 is 0. The van der Waals surface area contributed by atoms with E-state index in [0.717, 1.165) is 67.6 Å². The molecule has 2 saturated heterocycles. The van der Waals surface area contributed by atoms with E-state index in [0.29, 0.717) is 13.1 Å². The van der Waals surface area contributed by atoms with Crippen molar-refractivity contribution in [3.63, 3.8) is 0 Å². The second-order valence-corrected chi connectivity index (χ2v) is 8.46. The third-order valence-corrected chi connectivity index (χ3v) is 7.09. The smallest absolute Gasteiger partial charge is 0.262 e. The number of nitrogens with zero attached hydrogens (tertiary/aromatic N) is 4. The molecule has 1 spiro atoms. The van der Waals surface area contributed by atoms with Gasteiger partial charge in [0.1, 0.15) is 0 Å². The molecule has 0 aromatic carbocycles. The number of likely N-dealkylation sites (tertiary alicyclic amines) is 2. The maximum atomic E-state index is 13.1. The monoisotopic (exact) mass is 362 g/mol. The highest BCUT2D eigenvalue weighted by molar-refractivity contribution is 8.18. The molecule has 0 saturated carbocycles. The summed E-state index contributed by atoms with van der Waals surface area (Å²) in [4.78, 5) is 37.4. The second kappa shape index (κ2) is 6.34. The van der Waals surface area contributed by atoms with Gasteiger partial charge in [-0.2, -0.15) is 0 Å². The van der Waals surface area contributed by atoms with Crippen LogP contribution in [0, 0.1) is 5.41 Å². The van der Waals surface area contributed by atoms with Crippen LogP contribution in [0.4, 0.5) is 0 Å². The number of carbonyl (C=O) groups excluding carboxylic acids is 2. The van der Waals surface area contributed by atoms with Gasteiger partial charge in [-0.25, -0.2) is 0 Å². The SMILES string of the molecule is CCCN1CCC[C@]2(CCN(C(=O)C3=C(C)N4CCN=C4S3)C2)C1=O. The van der Waals surface area contributed by atoms with Crippen LogP contribution in [-0.2, 0) is 9.59 Å². The molecular weight excluding hydrogens is 336 g/mol. The molecule has 0 N–H and O–H groups in total. The number of fused-ring (bicyclic) bond motifs is 1. The quantitative estimate of drug-likeness (QED) is 0.769. The summed E-state index contributed by atoms with van der Waals surface area (Å²) in [7, 11) is 0. The van der Waals surface area contributed by atoms with E-state index in [1.54, 1.807) is 0 Å². The minimum Gasteiger partial charge on any atom is -0.342 e. The van der Waals surface area contributed by atoms with Crippen molar-refractivity contribution >= 4 is 28.7 Å². The lowest BCUT2D eigenvalue weighted by molar-refractivity contribution is -0.146. The van der Waals surface area contributed by atoms with Gasteiger partial charge in [0.25, 0.3) is 5.91 Å². The van der Waals surface area contributed by atoms with Gasteiger partial charge in [0.05, 0.1) is 16.9 Å². The Morgan fingerprint density at radius 2 is 2.12 bits per heavy atom. The number of hydrogen-bond donors (Lipinski definition) is 0. The van der Waals surface area contributed by atoms with Gasteiger partial charge in [0.2, 0.25) is 5.91 Å². The molecule has 0 aromatic heterocycles. The Morgan fingerprint density at radius 1 is 1.28 bits per heavy atom. The van der Waals surface area contributed by atoms with E-state index in [1.165, 1.54) is 11.8 Å². The zero-order valence-corrected chi connectivity index (χ0v) is 15.9. The van der Waals surface area contributed by atoms with Crippen molar-refractivity contribution in [2.45, 2.75) is 39.5 Å². The lowest BCUT2D eigenvalue weighted by atomic mass is 9.78. The van der Waals surface area contributed by atoms with E-state index in [1.807, 2.05) is 16.7 Å². The molecule has 0 aliphatic carbocycles. The van der Waals surface area contributed by atoms with Gasteiger partial charge in [0.15, 0.2) is 5.17 Å². The molecule has 4 heterocycles. The maximum Gasteiger partial charge on any atom is 0.262 e. The first-order valence-electron chi connectivity index (χ1n) is 9.35. The summed E-state index contributed by atoms with van der Waals surface area (Å²) >= 11 is 1.50. The molecule has 0 aromatic rings. The van der Waals surface area contributed by atoms with Crippen molar-refractivity contribution < 1.29 is 9.59 Å². The van der Waals surface area contributed by atoms with Gasteiger partial charge in [-0.05, 0) is 44.4 Å². The number of amidine groups is 1. The molecule has 4 rings (SSSR count). The summed E-state index contributed by atoms with van der Waals surface area (Å²) in [5, 5.41) is 0.956. The van der Waals surface area contributed by atoms with Crippen LogP contribution >= 0.6 is 11.8 Å². The molecule has 0 unspecified atom stereocenters. The summed E-state index contributed by atoms with van der Waals surface area (Å²) in [6.07, 6.45) is 3.76. The van der Waals surface area contributed by atoms with Gasteiger partial charge < -0.3 is 14.7 Å². The molecule has 2 fully saturated rings. The van der Waals surface area contributed by atoms with Crippen molar-refractivity contribution in [2.24, 2.45) is 10.4 Å². The van der Waals surface area contributed by atoms with Crippen LogP contribution in [0.1, 0.15) is 39.5 Å². The van der Waals surface area contributed by atoms with Crippen molar-refractivity contribution in [1.82, 2.24) is 14.7 Å².